The average Bonchev–Trinajstić information content (AvgIpc) is 3.20. The van der Waals surface area contributed by atoms with Crippen LogP contribution in [0.25, 0.3) is 0 Å². The van der Waals surface area contributed by atoms with Crippen molar-refractivity contribution in [1.29, 1.82) is 0 Å². The van der Waals surface area contributed by atoms with Crippen molar-refractivity contribution in [1.82, 2.24) is 5.32 Å². The lowest BCUT2D eigenvalue weighted by Crippen LogP contribution is -2.32. The van der Waals surface area contributed by atoms with E-state index in [-0.39, 0.29) is 17.8 Å². The molecule has 1 aliphatic heterocycles. The number of carboxylic acids is 1. The van der Waals surface area contributed by atoms with E-state index in [0.29, 0.717) is 6.42 Å². The number of hydrogen-bond donors (Lipinski definition) is 2. The van der Waals surface area contributed by atoms with Crippen LogP contribution < -0.4 is 5.32 Å². The van der Waals surface area contributed by atoms with Crippen LogP contribution in [0.1, 0.15) is 24.4 Å². The van der Waals surface area contributed by atoms with Gasteiger partial charge in [-0.25, -0.2) is 4.39 Å². The van der Waals surface area contributed by atoms with Gasteiger partial charge in [0.25, 0.3) is 0 Å². The highest BCUT2D eigenvalue weighted by molar-refractivity contribution is 7.99. The van der Waals surface area contributed by atoms with Gasteiger partial charge in [0.05, 0.1) is 17.9 Å². The number of aliphatic carboxylic acids is 1. The molecule has 1 fully saturated rings. The van der Waals surface area contributed by atoms with E-state index in [0.717, 1.165) is 22.6 Å². The van der Waals surface area contributed by atoms with Crippen LogP contribution >= 0.6 is 11.8 Å². The van der Waals surface area contributed by atoms with Crippen molar-refractivity contribution >= 4 is 23.6 Å². The predicted molar refractivity (Wildman–Crippen MR) is 71.9 cm³/mol. The van der Waals surface area contributed by atoms with Crippen LogP contribution in [0.3, 0.4) is 0 Å². The van der Waals surface area contributed by atoms with Gasteiger partial charge in [0.2, 0.25) is 5.91 Å². The Balaban J connectivity index is 1.72. The van der Waals surface area contributed by atoms with E-state index in [1.165, 1.54) is 12.1 Å². The van der Waals surface area contributed by atoms with Crippen LogP contribution in [0.5, 0.6) is 0 Å². The van der Waals surface area contributed by atoms with E-state index >= 15 is 0 Å². The van der Waals surface area contributed by atoms with Crippen molar-refractivity contribution < 1.29 is 19.1 Å². The Morgan fingerprint density at radius 1 is 1.35 bits per heavy atom. The maximum atomic E-state index is 13.3. The van der Waals surface area contributed by atoms with Gasteiger partial charge in [-0.15, -0.1) is 11.8 Å². The Morgan fingerprint density at radius 3 is 2.85 bits per heavy atom. The third kappa shape index (κ3) is 2.52. The third-order valence-electron chi connectivity index (χ3n) is 3.77. The first-order chi connectivity index (χ1) is 9.56. The molecular formula is C14H14FNO3S. The molecule has 1 aromatic rings. The molecule has 3 atom stereocenters. The first-order valence-corrected chi connectivity index (χ1v) is 7.50. The SMILES string of the molecule is O=C(O)[C@H]1C[C@H]1C(=O)NC1CCSc2ccc(F)cc21. The van der Waals surface area contributed by atoms with Crippen molar-refractivity contribution in [2.75, 3.05) is 5.75 Å². The molecule has 1 unspecified atom stereocenters. The number of benzene rings is 1. The summed E-state index contributed by atoms with van der Waals surface area (Å²) in [6.45, 7) is 0. The molecule has 0 radical (unpaired) electrons. The van der Waals surface area contributed by atoms with Gasteiger partial charge < -0.3 is 10.4 Å². The molecule has 3 rings (SSSR count). The highest BCUT2D eigenvalue weighted by Gasteiger charge is 2.48. The number of carboxylic acid groups (broad SMARTS) is 1. The van der Waals surface area contributed by atoms with Gasteiger partial charge in [0.1, 0.15) is 5.82 Å². The summed E-state index contributed by atoms with van der Waals surface area (Å²) in [5, 5.41) is 11.7. The molecule has 0 saturated heterocycles. The fraction of sp³-hybridized carbons (Fsp3) is 0.429. The largest absolute Gasteiger partial charge is 0.481 e. The first-order valence-electron chi connectivity index (χ1n) is 6.51. The number of carbonyl (C=O) groups is 2. The first kappa shape index (κ1) is 13.4. The summed E-state index contributed by atoms with van der Waals surface area (Å²) in [7, 11) is 0. The smallest absolute Gasteiger partial charge is 0.307 e. The fourth-order valence-corrected chi connectivity index (χ4v) is 3.66. The lowest BCUT2D eigenvalue weighted by Gasteiger charge is -2.26. The number of rotatable bonds is 3. The summed E-state index contributed by atoms with van der Waals surface area (Å²) in [6.07, 6.45) is 1.13. The Bertz CT molecular complexity index is 578. The number of fused-ring (bicyclic) bond motifs is 1. The second-order valence-corrected chi connectivity index (χ2v) is 6.30. The molecule has 1 saturated carbocycles. The molecule has 0 bridgehead atoms. The van der Waals surface area contributed by atoms with Crippen molar-refractivity contribution in [2.45, 2.75) is 23.8 Å². The predicted octanol–water partition coefficient (Wildman–Crippen LogP) is 2.20. The van der Waals surface area contributed by atoms with Crippen molar-refractivity contribution in [2.24, 2.45) is 11.8 Å². The highest BCUT2D eigenvalue weighted by atomic mass is 32.2. The van der Waals surface area contributed by atoms with Crippen molar-refractivity contribution in [3.05, 3.63) is 29.6 Å². The van der Waals surface area contributed by atoms with Crippen LogP contribution in [0.2, 0.25) is 0 Å². The summed E-state index contributed by atoms with van der Waals surface area (Å²) in [5.41, 5.74) is 0.794. The molecule has 0 aromatic heterocycles. The van der Waals surface area contributed by atoms with Gasteiger partial charge >= 0.3 is 5.97 Å². The molecule has 1 aliphatic carbocycles. The normalized spacial score (nSPS) is 27.6. The van der Waals surface area contributed by atoms with Gasteiger partial charge in [-0.1, -0.05) is 0 Å². The minimum absolute atomic E-state index is 0.218. The molecule has 2 N–H and O–H groups in total. The van der Waals surface area contributed by atoms with E-state index in [1.54, 1.807) is 17.8 Å². The number of amides is 1. The third-order valence-corrected chi connectivity index (χ3v) is 4.89. The Labute approximate surface area is 119 Å². The number of hydrogen-bond acceptors (Lipinski definition) is 3. The minimum Gasteiger partial charge on any atom is -0.481 e. The lowest BCUT2D eigenvalue weighted by molar-refractivity contribution is -0.140. The lowest BCUT2D eigenvalue weighted by atomic mass is 10.0. The van der Waals surface area contributed by atoms with E-state index in [9.17, 15) is 14.0 Å². The maximum Gasteiger partial charge on any atom is 0.307 e. The second-order valence-electron chi connectivity index (χ2n) is 5.17. The summed E-state index contributed by atoms with van der Waals surface area (Å²) >= 11 is 1.65. The number of thioether (sulfide) groups is 1. The summed E-state index contributed by atoms with van der Waals surface area (Å²) in [4.78, 5) is 23.8. The van der Waals surface area contributed by atoms with Crippen LogP contribution in [0.15, 0.2) is 23.1 Å². The molecule has 1 aromatic carbocycles. The second kappa shape index (κ2) is 5.09. The quantitative estimate of drug-likeness (QED) is 0.897. The van der Waals surface area contributed by atoms with Crippen LogP contribution in [-0.4, -0.2) is 22.7 Å². The summed E-state index contributed by atoms with van der Waals surface area (Å²) in [5.74, 6) is -1.60. The molecule has 106 valence electrons. The number of nitrogens with one attached hydrogen (secondary N) is 1. The standard InChI is InChI=1S/C14H14FNO3S/c15-7-1-2-12-10(5-7)11(3-4-20-12)16-13(17)8-6-9(8)14(18)19/h1-2,5,8-9,11H,3-4,6H2,(H,16,17)(H,18,19)/t8-,9+,11?/m1/s1. The van der Waals surface area contributed by atoms with Crippen molar-refractivity contribution in [3.63, 3.8) is 0 Å². The molecule has 1 amide bonds. The molecule has 2 aliphatic rings. The van der Waals surface area contributed by atoms with Gasteiger partial charge in [-0.3, -0.25) is 9.59 Å². The number of halogens is 1. The topological polar surface area (TPSA) is 66.4 Å². The van der Waals surface area contributed by atoms with Gasteiger partial charge in [0.15, 0.2) is 0 Å². The monoisotopic (exact) mass is 295 g/mol. The molecule has 0 spiro atoms. The zero-order valence-corrected chi connectivity index (χ0v) is 11.5. The van der Waals surface area contributed by atoms with E-state index in [2.05, 4.69) is 5.32 Å². The molecule has 6 heteroatoms. The molecule has 4 nitrogen and oxygen atoms in total. The maximum absolute atomic E-state index is 13.3. The van der Waals surface area contributed by atoms with Crippen LogP contribution in [0, 0.1) is 17.7 Å². The van der Waals surface area contributed by atoms with Crippen LogP contribution in [-0.2, 0) is 9.59 Å². The summed E-state index contributed by atoms with van der Waals surface area (Å²) < 4.78 is 13.3. The van der Waals surface area contributed by atoms with Gasteiger partial charge in [0, 0.05) is 10.6 Å². The molecular weight excluding hydrogens is 281 g/mol. The minimum atomic E-state index is -0.921. The summed E-state index contributed by atoms with van der Waals surface area (Å²) in [6, 6.07) is 4.38. The Morgan fingerprint density at radius 2 is 2.15 bits per heavy atom. The van der Waals surface area contributed by atoms with E-state index in [4.69, 9.17) is 5.11 Å². The van der Waals surface area contributed by atoms with E-state index < -0.39 is 17.8 Å². The molecule has 20 heavy (non-hydrogen) atoms. The van der Waals surface area contributed by atoms with Gasteiger partial charge in [-0.05, 0) is 36.6 Å². The average molecular weight is 295 g/mol. The number of carbonyl (C=O) groups excluding carboxylic acids is 1. The van der Waals surface area contributed by atoms with Gasteiger partial charge in [-0.2, -0.15) is 0 Å². The Kier molecular flexibility index (Phi) is 3.41. The zero-order chi connectivity index (χ0) is 14.3. The Hall–Kier alpha value is -1.56. The van der Waals surface area contributed by atoms with E-state index in [1.807, 2.05) is 0 Å². The highest BCUT2D eigenvalue weighted by Crippen LogP contribution is 2.41. The van der Waals surface area contributed by atoms with Crippen LogP contribution in [0.4, 0.5) is 4.39 Å². The zero-order valence-electron chi connectivity index (χ0n) is 10.6. The fourth-order valence-electron chi connectivity index (χ4n) is 2.55. The van der Waals surface area contributed by atoms with Crippen molar-refractivity contribution in [3.8, 4) is 0 Å². The molecule has 1 heterocycles.